The zero-order valence-electron chi connectivity index (χ0n) is 19.8. The Hall–Kier alpha value is -0.530. The maximum Gasteiger partial charge on any atom is 0.220 e. The first kappa shape index (κ1) is 21.7. The molecule has 0 aromatic carbocycles. The van der Waals surface area contributed by atoms with Gasteiger partial charge in [-0.2, -0.15) is 0 Å². The van der Waals surface area contributed by atoms with Crippen molar-refractivity contribution in [1.29, 1.82) is 0 Å². The van der Waals surface area contributed by atoms with Crippen molar-refractivity contribution < 1.29 is 4.79 Å². The van der Waals surface area contributed by atoms with E-state index in [9.17, 15) is 4.79 Å². The fourth-order valence-electron chi connectivity index (χ4n) is 9.18. The molecule has 0 saturated heterocycles. The summed E-state index contributed by atoms with van der Waals surface area (Å²) in [6, 6.07) is 0. The summed E-state index contributed by atoms with van der Waals surface area (Å²) < 4.78 is 0. The maximum absolute atomic E-state index is 12.1. The number of amides is 1. The molecule has 4 aliphatic carbocycles. The molecular formula is C27H47NO. The van der Waals surface area contributed by atoms with Crippen molar-refractivity contribution in [1.82, 2.24) is 5.32 Å². The Morgan fingerprint density at radius 3 is 2.55 bits per heavy atom. The predicted molar refractivity (Wildman–Crippen MR) is 122 cm³/mol. The molecule has 166 valence electrons. The minimum atomic E-state index is 0.269. The lowest BCUT2D eigenvalue weighted by atomic mass is 9.44. The van der Waals surface area contributed by atoms with Gasteiger partial charge >= 0.3 is 0 Å². The van der Waals surface area contributed by atoms with Crippen LogP contribution in [-0.4, -0.2) is 12.5 Å². The molecular weight excluding hydrogens is 354 g/mol. The Morgan fingerprint density at radius 1 is 0.966 bits per heavy atom. The number of carbonyl (C=O) groups excluding carboxylic acids is 1. The molecule has 0 bridgehead atoms. The standard InChI is InChI=1S/C27H47NO/c1-5-18-28-25(29)14-9-19(2)22-12-13-23-21-11-10-20-8-6-7-16-26(20,3)24(21)15-17-27(22,23)4/h19-24H,5-18H2,1-4H3,(H,28,29)/t19?,20?,21-,22?,23?,24?,26-,27+/m0/s1. The Bertz CT molecular complexity index is 587. The first-order valence-electron chi connectivity index (χ1n) is 13.2. The monoisotopic (exact) mass is 401 g/mol. The third-order valence-corrected chi connectivity index (χ3v) is 10.7. The molecule has 1 N–H and O–H groups in total. The SMILES string of the molecule is CCCNC(=O)CCC(C)C1CCC2[C@@H]3CCC4CCCC[C@]4(C)C3CC[C@]12C. The quantitative estimate of drug-likeness (QED) is 0.511. The molecule has 29 heavy (non-hydrogen) atoms. The number of carbonyl (C=O) groups is 1. The number of nitrogens with one attached hydrogen (secondary N) is 1. The van der Waals surface area contributed by atoms with E-state index in [1.807, 2.05) is 0 Å². The van der Waals surface area contributed by atoms with E-state index in [0.717, 1.165) is 55.4 Å². The zero-order chi connectivity index (χ0) is 20.6. The van der Waals surface area contributed by atoms with Crippen molar-refractivity contribution in [3.8, 4) is 0 Å². The van der Waals surface area contributed by atoms with Gasteiger partial charge in [-0.3, -0.25) is 4.79 Å². The van der Waals surface area contributed by atoms with Crippen LogP contribution in [0.3, 0.4) is 0 Å². The molecule has 4 rings (SSSR count). The second-order valence-electron chi connectivity index (χ2n) is 12.0. The summed E-state index contributed by atoms with van der Waals surface area (Å²) in [6.45, 7) is 10.8. The molecule has 0 heterocycles. The third-order valence-electron chi connectivity index (χ3n) is 10.7. The molecule has 2 heteroatoms. The minimum absolute atomic E-state index is 0.269. The van der Waals surface area contributed by atoms with Crippen molar-refractivity contribution in [2.75, 3.05) is 6.54 Å². The lowest BCUT2D eigenvalue weighted by Gasteiger charge is -2.61. The molecule has 1 amide bonds. The summed E-state index contributed by atoms with van der Waals surface area (Å²) in [5, 5.41) is 3.07. The van der Waals surface area contributed by atoms with Crippen LogP contribution in [0.15, 0.2) is 0 Å². The van der Waals surface area contributed by atoms with Crippen LogP contribution in [0.25, 0.3) is 0 Å². The molecule has 4 aliphatic rings. The van der Waals surface area contributed by atoms with Gasteiger partial charge in [0, 0.05) is 13.0 Å². The van der Waals surface area contributed by atoms with Crippen LogP contribution >= 0.6 is 0 Å². The van der Waals surface area contributed by atoms with Gasteiger partial charge in [0.2, 0.25) is 5.91 Å². The minimum Gasteiger partial charge on any atom is -0.356 e. The predicted octanol–water partition coefficient (Wildman–Crippen LogP) is 6.98. The second-order valence-corrected chi connectivity index (χ2v) is 12.0. The van der Waals surface area contributed by atoms with Crippen molar-refractivity contribution in [3.63, 3.8) is 0 Å². The van der Waals surface area contributed by atoms with Crippen LogP contribution in [0.5, 0.6) is 0 Å². The van der Waals surface area contributed by atoms with E-state index in [4.69, 9.17) is 0 Å². The topological polar surface area (TPSA) is 29.1 Å². The summed E-state index contributed by atoms with van der Waals surface area (Å²) >= 11 is 0. The van der Waals surface area contributed by atoms with E-state index in [2.05, 4.69) is 33.0 Å². The van der Waals surface area contributed by atoms with Crippen molar-refractivity contribution >= 4 is 5.91 Å². The van der Waals surface area contributed by atoms with Gasteiger partial charge in [0.25, 0.3) is 0 Å². The molecule has 2 nitrogen and oxygen atoms in total. The Morgan fingerprint density at radius 2 is 1.76 bits per heavy atom. The first-order valence-corrected chi connectivity index (χ1v) is 13.2. The molecule has 0 aromatic rings. The van der Waals surface area contributed by atoms with Crippen LogP contribution in [0.1, 0.15) is 111 Å². The number of fused-ring (bicyclic) bond motifs is 5. The summed E-state index contributed by atoms with van der Waals surface area (Å²) in [5.74, 6) is 5.79. The molecule has 0 spiro atoms. The molecule has 4 fully saturated rings. The second kappa shape index (κ2) is 8.54. The molecule has 0 radical (unpaired) electrons. The number of rotatable bonds is 6. The molecule has 0 aromatic heterocycles. The van der Waals surface area contributed by atoms with Gasteiger partial charge in [-0.05, 0) is 111 Å². The molecule has 8 atom stereocenters. The highest BCUT2D eigenvalue weighted by atomic mass is 16.1. The van der Waals surface area contributed by atoms with E-state index in [1.54, 1.807) is 0 Å². The Labute approximate surface area is 180 Å². The average Bonchev–Trinajstić information content (AvgIpc) is 3.07. The van der Waals surface area contributed by atoms with Gasteiger partial charge in [-0.25, -0.2) is 0 Å². The highest BCUT2D eigenvalue weighted by molar-refractivity contribution is 5.75. The largest absolute Gasteiger partial charge is 0.356 e. The highest BCUT2D eigenvalue weighted by Gasteiger charge is 2.60. The smallest absolute Gasteiger partial charge is 0.220 e. The summed E-state index contributed by atoms with van der Waals surface area (Å²) in [6.07, 6.45) is 17.7. The fourth-order valence-corrected chi connectivity index (χ4v) is 9.18. The van der Waals surface area contributed by atoms with Gasteiger partial charge in [-0.1, -0.05) is 40.5 Å². The lowest BCUT2D eigenvalue weighted by molar-refractivity contribution is -0.122. The molecule has 4 saturated carbocycles. The van der Waals surface area contributed by atoms with E-state index in [0.29, 0.717) is 16.7 Å². The van der Waals surface area contributed by atoms with E-state index in [-0.39, 0.29) is 5.91 Å². The molecule has 0 aliphatic heterocycles. The normalized spacial score (nSPS) is 45.0. The van der Waals surface area contributed by atoms with Crippen LogP contribution in [0.4, 0.5) is 0 Å². The third kappa shape index (κ3) is 3.80. The van der Waals surface area contributed by atoms with Gasteiger partial charge in [0.05, 0.1) is 0 Å². The van der Waals surface area contributed by atoms with Crippen molar-refractivity contribution in [2.24, 2.45) is 46.3 Å². The average molecular weight is 402 g/mol. The summed E-state index contributed by atoms with van der Waals surface area (Å²) in [5.41, 5.74) is 1.20. The number of hydrogen-bond donors (Lipinski definition) is 1. The lowest BCUT2D eigenvalue weighted by Crippen LogP contribution is -2.53. The Balaban J connectivity index is 1.42. The zero-order valence-corrected chi connectivity index (χ0v) is 19.8. The van der Waals surface area contributed by atoms with Crippen LogP contribution in [0, 0.1) is 46.3 Å². The first-order chi connectivity index (χ1) is 13.9. The summed E-state index contributed by atoms with van der Waals surface area (Å²) in [4.78, 5) is 12.1. The molecule has 5 unspecified atom stereocenters. The highest BCUT2D eigenvalue weighted by Crippen LogP contribution is 2.68. The van der Waals surface area contributed by atoms with E-state index >= 15 is 0 Å². The van der Waals surface area contributed by atoms with Crippen LogP contribution in [0.2, 0.25) is 0 Å². The Kier molecular flexibility index (Phi) is 6.39. The van der Waals surface area contributed by atoms with E-state index in [1.165, 1.54) is 64.2 Å². The van der Waals surface area contributed by atoms with Crippen LogP contribution in [-0.2, 0) is 4.79 Å². The van der Waals surface area contributed by atoms with Gasteiger partial charge < -0.3 is 5.32 Å². The van der Waals surface area contributed by atoms with Crippen molar-refractivity contribution in [3.05, 3.63) is 0 Å². The van der Waals surface area contributed by atoms with Crippen LogP contribution < -0.4 is 5.32 Å². The number of hydrogen-bond acceptors (Lipinski definition) is 1. The maximum atomic E-state index is 12.1. The van der Waals surface area contributed by atoms with Crippen molar-refractivity contribution in [2.45, 2.75) is 111 Å². The fraction of sp³-hybridized carbons (Fsp3) is 0.963. The van der Waals surface area contributed by atoms with Gasteiger partial charge in [0.15, 0.2) is 0 Å². The van der Waals surface area contributed by atoms with E-state index < -0.39 is 0 Å². The van der Waals surface area contributed by atoms with Gasteiger partial charge in [-0.15, -0.1) is 0 Å². The summed E-state index contributed by atoms with van der Waals surface area (Å²) in [7, 11) is 0. The van der Waals surface area contributed by atoms with Gasteiger partial charge in [0.1, 0.15) is 0 Å².